The molecule has 17 heavy (non-hydrogen) atoms. The maximum atomic E-state index is 11.8. The van der Waals surface area contributed by atoms with Crippen molar-refractivity contribution in [1.82, 2.24) is 9.96 Å². The van der Waals surface area contributed by atoms with Crippen LogP contribution in [0.4, 0.5) is 13.2 Å². The van der Waals surface area contributed by atoms with Gasteiger partial charge in [-0.1, -0.05) is 6.92 Å². The standard InChI is InChI=1S/C6H11F3N2O.C3H8O.Y/c7-6(8,9)5-10-1-3-11(12)4-2-10;1-2-3-4;/h12H,1-5H2;4H,2-3H2,1H3;. The number of halogens is 3. The van der Waals surface area contributed by atoms with Crippen molar-refractivity contribution in [2.24, 2.45) is 0 Å². The molecule has 1 aliphatic rings. The molecule has 0 bridgehead atoms. The van der Waals surface area contributed by atoms with Gasteiger partial charge in [0.2, 0.25) is 0 Å². The Kier molecular flexibility index (Phi) is 12.6. The van der Waals surface area contributed by atoms with E-state index in [2.05, 4.69) is 0 Å². The number of rotatable bonds is 2. The second kappa shape index (κ2) is 10.6. The van der Waals surface area contributed by atoms with E-state index in [1.54, 1.807) is 0 Å². The molecule has 1 heterocycles. The van der Waals surface area contributed by atoms with Crippen LogP contribution >= 0.6 is 0 Å². The maximum absolute atomic E-state index is 11.8. The number of hydroxylamine groups is 2. The van der Waals surface area contributed by atoms with Crippen molar-refractivity contribution in [1.29, 1.82) is 0 Å². The van der Waals surface area contributed by atoms with Crippen molar-refractivity contribution in [2.75, 3.05) is 39.3 Å². The molecular formula is C9H19F3N2O2Y. The van der Waals surface area contributed by atoms with E-state index in [4.69, 9.17) is 10.3 Å². The van der Waals surface area contributed by atoms with E-state index in [1.807, 2.05) is 6.92 Å². The monoisotopic (exact) mass is 333 g/mol. The Labute approximate surface area is 125 Å². The number of nitrogens with zero attached hydrogens (tertiary/aromatic N) is 2. The summed E-state index contributed by atoms with van der Waals surface area (Å²) in [5, 5.41) is 17.8. The van der Waals surface area contributed by atoms with Crippen molar-refractivity contribution < 1.29 is 56.2 Å². The zero-order valence-corrected chi connectivity index (χ0v) is 12.8. The summed E-state index contributed by atoms with van der Waals surface area (Å²) in [4.78, 5) is 1.28. The first-order valence-electron chi connectivity index (χ1n) is 5.22. The average Bonchev–Trinajstić information content (AvgIpc) is 2.20. The van der Waals surface area contributed by atoms with Crippen molar-refractivity contribution in [3.63, 3.8) is 0 Å². The smallest absolute Gasteiger partial charge is 0.396 e. The van der Waals surface area contributed by atoms with Crippen LogP contribution in [-0.4, -0.2) is 65.8 Å². The van der Waals surface area contributed by atoms with Gasteiger partial charge in [0.05, 0.1) is 6.54 Å². The number of aliphatic hydroxyl groups is 1. The van der Waals surface area contributed by atoms with Crippen LogP contribution in [0.3, 0.4) is 0 Å². The second-order valence-corrected chi connectivity index (χ2v) is 3.57. The van der Waals surface area contributed by atoms with Crippen molar-refractivity contribution >= 4 is 0 Å². The summed E-state index contributed by atoms with van der Waals surface area (Å²) in [5.74, 6) is 0. The first-order chi connectivity index (χ1) is 7.39. The van der Waals surface area contributed by atoms with Gasteiger partial charge < -0.3 is 10.3 Å². The van der Waals surface area contributed by atoms with Crippen LogP contribution in [-0.2, 0) is 32.7 Å². The molecule has 4 nitrogen and oxygen atoms in total. The zero-order chi connectivity index (χ0) is 12.6. The minimum Gasteiger partial charge on any atom is -0.396 e. The van der Waals surface area contributed by atoms with Crippen LogP contribution in [0, 0.1) is 0 Å². The molecule has 1 aliphatic heterocycles. The van der Waals surface area contributed by atoms with Gasteiger partial charge in [0.1, 0.15) is 0 Å². The van der Waals surface area contributed by atoms with Gasteiger partial charge in [-0.3, -0.25) is 4.90 Å². The summed E-state index contributed by atoms with van der Waals surface area (Å²) < 4.78 is 35.5. The molecule has 0 spiro atoms. The summed E-state index contributed by atoms with van der Waals surface area (Å²) in [6, 6.07) is 0. The van der Waals surface area contributed by atoms with Crippen LogP contribution in [0.25, 0.3) is 0 Å². The van der Waals surface area contributed by atoms with Gasteiger partial charge in [-0.2, -0.15) is 18.2 Å². The van der Waals surface area contributed by atoms with Crippen molar-refractivity contribution in [3.05, 3.63) is 0 Å². The van der Waals surface area contributed by atoms with Crippen molar-refractivity contribution in [2.45, 2.75) is 19.5 Å². The van der Waals surface area contributed by atoms with E-state index in [1.165, 1.54) is 4.90 Å². The molecule has 1 fully saturated rings. The predicted molar refractivity (Wildman–Crippen MR) is 53.2 cm³/mol. The fourth-order valence-electron chi connectivity index (χ4n) is 1.15. The molecule has 0 amide bonds. The summed E-state index contributed by atoms with van der Waals surface area (Å²) >= 11 is 0. The van der Waals surface area contributed by atoms with Crippen LogP contribution < -0.4 is 0 Å². The van der Waals surface area contributed by atoms with Gasteiger partial charge in [0.25, 0.3) is 0 Å². The van der Waals surface area contributed by atoms with Crippen LogP contribution in [0.1, 0.15) is 13.3 Å². The number of alkyl halides is 3. The summed E-state index contributed by atoms with van der Waals surface area (Å²) in [5.41, 5.74) is 0. The normalized spacial score (nSPS) is 18.0. The second-order valence-electron chi connectivity index (χ2n) is 3.57. The van der Waals surface area contributed by atoms with E-state index in [9.17, 15) is 13.2 Å². The largest absolute Gasteiger partial charge is 0.401 e. The minimum absolute atomic E-state index is 0. The molecule has 1 rings (SSSR count). The summed E-state index contributed by atoms with van der Waals surface area (Å²) in [7, 11) is 0. The van der Waals surface area contributed by atoms with Gasteiger partial charge in [0.15, 0.2) is 0 Å². The maximum Gasteiger partial charge on any atom is 0.401 e. The molecule has 0 unspecified atom stereocenters. The van der Waals surface area contributed by atoms with Gasteiger partial charge in [-0.15, -0.1) is 0 Å². The Balaban J connectivity index is 0. The van der Waals surface area contributed by atoms with E-state index in [0.717, 1.165) is 11.5 Å². The summed E-state index contributed by atoms with van der Waals surface area (Å²) in [6.45, 7) is 2.50. The number of aliphatic hydroxyl groups excluding tert-OH is 1. The molecule has 101 valence electrons. The van der Waals surface area contributed by atoms with Crippen LogP contribution in [0.5, 0.6) is 0 Å². The van der Waals surface area contributed by atoms with Gasteiger partial charge in [-0.25, -0.2) is 0 Å². The van der Waals surface area contributed by atoms with Crippen LogP contribution in [0.15, 0.2) is 0 Å². The Hall–Kier alpha value is 0.734. The molecular weight excluding hydrogens is 314 g/mol. The number of piperazine rings is 1. The Morgan fingerprint density at radius 2 is 1.53 bits per heavy atom. The predicted octanol–water partition coefficient (Wildman–Crippen LogP) is 0.942. The fourth-order valence-corrected chi connectivity index (χ4v) is 1.15. The molecule has 1 saturated heterocycles. The van der Waals surface area contributed by atoms with Gasteiger partial charge in [0, 0.05) is 65.5 Å². The first-order valence-corrected chi connectivity index (χ1v) is 5.22. The Bertz CT molecular complexity index is 174. The SMILES string of the molecule is CCCO.ON1CCN(CC(F)(F)F)CC1.[Y]. The third-order valence-electron chi connectivity index (χ3n) is 1.98. The minimum atomic E-state index is -4.13. The third-order valence-corrected chi connectivity index (χ3v) is 1.98. The molecule has 0 aromatic carbocycles. The Morgan fingerprint density at radius 3 is 1.82 bits per heavy atom. The average molecular weight is 333 g/mol. The fraction of sp³-hybridized carbons (Fsp3) is 1.00. The van der Waals surface area contributed by atoms with Gasteiger partial charge >= 0.3 is 6.18 Å². The molecule has 0 aliphatic carbocycles. The van der Waals surface area contributed by atoms with E-state index in [-0.39, 0.29) is 58.9 Å². The molecule has 0 atom stereocenters. The molecule has 0 aromatic rings. The molecule has 0 saturated carbocycles. The quantitative estimate of drug-likeness (QED) is 0.790. The Morgan fingerprint density at radius 1 is 1.12 bits per heavy atom. The van der Waals surface area contributed by atoms with Gasteiger partial charge in [-0.05, 0) is 6.42 Å². The van der Waals surface area contributed by atoms with Crippen molar-refractivity contribution in [3.8, 4) is 0 Å². The molecule has 8 heteroatoms. The zero-order valence-electron chi connectivity index (χ0n) is 9.95. The first kappa shape index (κ1) is 20.1. The molecule has 2 N–H and O–H groups in total. The molecule has 1 radical (unpaired) electrons. The number of hydrogen-bond donors (Lipinski definition) is 2. The topological polar surface area (TPSA) is 46.9 Å². The summed E-state index contributed by atoms with van der Waals surface area (Å²) in [6.07, 6.45) is -3.25. The number of hydrogen-bond acceptors (Lipinski definition) is 4. The van der Waals surface area contributed by atoms with E-state index >= 15 is 0 Å². The molecule has 0 aromatic heterocycles. The third kappa shape index (κ3) is 13.0. The van der Waals surface area contributed by atoms with E-state index < -0.39 is 12.7 Å². The van der Waals surface area contributed by atoms with Crippen LogP contribution in [0.2, 0.25) is 0 Å². The van der Waals surface area contributed by atoms with E-state index in [0.29, 0.717) is 6.61 Å².